The Labute approximate surface area is 184 Å². The van der Waals surface area contributed by atoms with Crippen LogP contribution in [-0.2, 0) is 11.3 Å². The summed E-state index contributed by atoms with van der Waals surface area (Å²) in [5.74, 6) is 0.581. The molecule has 6 nitrogen and oxygen atoms in total. The van der Waals surface area contributed by atoms with Crippen LogP contribution in [0.4, 0.5) is 14.5 Å². The first-order valence-corrected chi connectivity index (χ1v) is 10.8. The van der Waals surface area contributed by atoms with Gasteiger partial charge in [-0.3, -0.25) is 4.79 Å². The van der Waals surface area contributed by atoms with Crippen LogP contribution >= 0.6 is 11.8 Å². The second-order valence-electron chi connectivity index (χ2n) is 6.98. The highest BCUT2D eigenvalue weighted by molar-refractivity contribution is 8.00. The van der Waals surface area contributed by atoms with Crippen molar-refractivity contribution >= 4 is 23.4 Å². The van der Waals surface area contributed by atoms with Gasteiger partial charge >= 0.3 is 6.61 Å². The number of nitrogens with zero attached hydrogens (tertiary/aromatic N) is 3. The SMILES string of the molecule is CCCn1c(SC(C)C(=O)Nc2ccc(OC(F)F)cc2)nnc1-c1cccc(C)c1. The number of thioether (sulfide) groups is 1. The predicted molar refractivity (Wildman–Crippen MR) is 118 cm³/mol. The van der Waals surface area contributed by atoms with Gasteiger partial charge in [0.2, 0.25) is 5.91 Å². The maximum Gasteiger partial charge on any atom is 0.387 e. The normalized spacial score (nSPS) is 12.1. The van der Waals surface area contributed by atoms with Crippen molar-refractivity contribution in [2.45, 2.75) is 50.8 Å². The second kappa shape index (κ2) is 10.4. The molecule has 0 aliphatic carbocycles. The van der Waals surface area contributed by atoms with E-state index in [-0.39, 0.29) is 11.7 Å². The van der Waals surface area contributed by atoms with E-state index < -0.39 is 11.9 Å². The van der Waals surface area contributed by atoms with E-state index in [0.717, 1.165) is 29.9 Å². The Morgan fingerprint density at radius 3 is 2.58 bits per heavy atom. The number of hydrogen-bond acceptors (Lipinski definition) is 5. The molecular weight excluding hydrogens is 422 g/mol. The lowest BCUT2D eigenvalue weighted by Crippen LogP contribution is -2.23. The molecule has 1 amide bonds. The Morgan fingerprint density at radius 1 is 1.19 bits per heavy atom. The standard InChI is InChI=1S/C22H24F2N4O2S/c1-4-12-28-19(16-7-5-6-14(2)13-16)26-27-22(28)31-15(3)20(29)25-17-8-10-18(11-9-17)30-21(23)24/h5-11,13,15,21H,4,12H2,1-3H3,(H,25,29). The van der Waals surface area contributed by atoms with Gasteiger partial charge in [0.1, 0.15) is 5.75 Å². The van der Waals surface area contributed by atoms with Gasteiger partial charge in [0.05, 0.1) is 5.25 Å². The Balaban J connectivity index is 1.70. The number of amides is 1. The maximum atomic E-state index is 12.6. The number of nitrogens with one attached hydrogen (secondary N) is 1. The third-order valence-corrected chi connectivity index (χ3v) is 5.52. The molecule has 0 saturated carbocycles. The number of benzene rings is 2. The molecule has 1 atom stereocenters. The molecule has 0 fully saturated rings. The van der Waals surface area contributed by atoms with Gasteiger partial charge in [-0.05, 0) is 50.6 Å². The van der Waals surface area contributed by atoms with Crippen molar-refractivity contribution in [2.75, 3.05) is 5.32 Å². The van der Waals surface area contributed by atoms with Crippen LogP contribution in [0.5, 0.6) is 5.75 Å². The molecule has 1 aromatic heterocycles. The zero-order chi connectivity index (χ0) is 22.4. The number of ether oxygens (including phenoxy) is 1. The van der Waals surface area contributed by atoms with Crippen LogP contribution in [-0.4, -0.2) is 32.5 Å². The fraction of sp³-hybridized carbons (Fsp3) is 0.318. The lowest BCUT2D eigenvalue weighted by atomic mass is 10.1. The summed E-state index contributed by atoms with van der Waals surface area (Å²) in [5, 5.41) is 11.7. The number of alkyl halides is 2. The molecule has 164 valence electrons. The van der Waals surface area contributed by atoms with Crippen molar-refractivity contribution < 1.29 is 18.3 Å². The van der Waals surface area contributed by atoms with E-state index in [1.54, 1.807) is 6.92 Å². The molecule has 1 N–H and O–H groups in total. The molecular formula is C22H24F2N4O2S. The van der Waals surface area contributed by atoms with Gasteiger partial charge < -0.3 is 14.6 Å². The fourth-order valence-electron chi connectivity index (χ4n) is 2.97. The van der Waals surface area contributed by atoms with E-state index in [9.17, 15) is 13.6 Å². The van der Waals surface area contributed by atoms with Crippen molar-refractivity contribution in [3.63, 3.8) is 0 Å². The summed E-state index contributed by atoms with van der Waals surface area (Å²) in [6.07, 6.45) is 0.901. The molecule has 0 radical (unpaired) electrons. The van der Waals surface area contributed by atoms with Crippen molar-refractivity contribution in [2.24, 2.45) is 0 Å². The smallest absolute Gasteiger partial charge is 0.387 e. The Morgan fingerprint density at radius 2 is 1.94 bits per heavy atom. The number of carbonyl (C=O) groups excluding carboxylic acids is 1. The van der Waals surface area contributed by atoms with Crippen molar-refractivity contribution in [1.82, 2.24) is 14.8 Å². The highest BCUT2D eigenvalue weighted by Gasteiger charge is 2.21. The lowest BCUT2D eigenvalue weighted by Gasteiger charge is -2.14. The van der Waals surface area contributed by atoms with Crippen molar-refractivity contribution in [3.8, 4) is 17.1 Å². The Kier molecular flexibility index (Phi) is 7.62. The first-order valence-electron chi connectivity index (χ1n) is 9.90. The molecule has 0 saturated heterocycles. The van der Waals surface area contributed by atoms with E-state index in [2.05, 4.69) is 33.2 Å². The van der Waals surface area contributed by atoms with Crippen LogP contribution in [0.1, 0.15) is 25.8 Å². The monoisotopic (exact) mass is 446 g/mol. The zero-order valence-corrected chi connectivity index (χ0v) is 18.3. The van der Waals surface area contributed by atoms with E-state index in [1.165, 1.54) is 36.0 Å². The third-order valence-electron chi connectivity index (χ3n) is 4.44. The minimum atomic E-state index is -2.89. The van der Waals surface area contributed by atoms with Crippen LogP contribution < -0.4 is 10.1 Å². The van der Waals surface area contributed by atoms with Gasteiger partial charge in [-0.2, -0.15) is 8.78 Å². The van der Waals surface area contributed by atoms with E-state index in [0.29, 0.717) is 10.8 Å². The predicted octanol–water partition coefficient (Wildman–Crippen LogP) is 5.38. The minimum Gasteiger partial charge on any atom is -0.435 e. The molecule has 0 spiro atoms. The van der Waals surface area contributed by atoms with Gasteiger partial charge in [0.15, 0.2) is 11.0 Å². The van der Waals surface area contributed by atoms with Gasteiger partial charge in [-0.15, -0.1) is 10.2 Å². The first kappa shape index (κ1) is 22.7. The molecule has 31 heavy (non-hydrogen) atoms. The van der Waals surface area contributed by atoms with Gasteiger partial charge in [0, 0.05) is 17.8 Å². The molecule has 2 aromatic carbocycles. The summed E-state index contributed by atoms with van der Waals surface area (Å²) in [5.41, 5.74) is 2.61. The van der Waals surface area contributed by atoms with Crippen LogP contribution in [0, 0.1) is 6.92 Å². The highest BCUT2D eigenvalue weighted by atomic mass is 32.2. The molecule has 3 aromatic rings. The highest BCUT2D eigenvalue weighted by Crippen LogP contribution is 2.28. The molecule has 1 unspecified atom stereocenters. The quantitative estimate of drug-likeness (QED) is 0.447. The summed E-state index contributed by atoms with van der Waals surface area (Å²) in [6, 6.07) is 13.9. The van der Waals surface area contributed by atoms with E-state index in [1.807, 2.05) is 29.7 Å². The summed E-state index contributed by atoms with van der Waals surface area (Å²) in [6.45, 7) is 3.73. The lowest BCUT2D eigenvalue weighted by molar-refractivity contribution is -0.115. The van der Waals surface area contributed by atoms with Crippen LogP contribution in [0.3, 0.4) is 0 Å². The number of rotatable bonds is 9. The van der Waals surface area contributed by atoms with Crippen LogP contribution in [0.15, 0.2) is 53.7 Å². The zero-order valence-electron chi connectivity index (χ0n) is 17.5. The molecule has 0 aliphatic rings. The largest absolute Gasteiger partial charge is 0.435 e. The van der Waals surface area contributed by atoms with Gasteiger partial charge in [-0.1, -0.05) is 42.4 Å². The molecule has 0 bridgehead atoms. The van der Waals surface area contributed by atoms with Crippen LogP contribution in [0.2, 0.25) is 0 Å². The van der Waals surface area contributed by atoms with Crippen LogP contribution in [0.25, 0.3) is 11.4 Å². The van der Waals surface area contributed by atoms with Gasteiger partial charge in [0.25, 0.3) is 0 Å². The van der Waals surface area contributed by atoms with Crippen molar-refractivity contribution in [3.05, 3.63) is 54.1 Å². The number of aryl methyl sites for hydroxylation is 1. The average Bonchev–Trinajstić information content (AvgIpc) is 3.11. The molecule has 3 rings (SSSR count). The number of anilines is 1. The second-order valence-corrected chi connectivity index (χ2v) is 8.29. The Bertz CT molecular complexity index is 1020. The number of halogens is 2. The fourth-order valence-corrected chi connectivity index (χ4v) is 3.85. The number of hydrogen-bond donors (Lipinski definition) is 1. The van der Waals surface area contributed by atoms with E-state index >= 15 is 0 Å². The maximum absolute atomic E-state index is 12.6. The van der Waals surface area contributed by atoms with E-state index in [4.69, 9.17) is 0 Å². The summed E-state index contributed by atoms with van der Waals surface area (Å²) < 4.78 is 30.8. The minimum absolute atomic E-state index is 0.0340. The summed E-state index contributed by atoms with van der Waals surface area (Å²) >= 11 is 1.32. The van der Waals surface area contributed by atoms with Gasteiger partial charge in [-0.25, -0.2) is 0 Å². The van der Waals surface area contributed by atoms with Crippen molar-refractivity contribution in [1.29, 1.82) is 0 Å². The Hall–Kier alpha value is -2.94. The average molecular weight is 447 g/mol. The number of aromatic nitrogens is 3. The molecule has 0 aliphatic heterocycles. The molecule has 1 heterocycles. The summed E-state index contributed by atoms with van der Waals surface area (Å²) in [7, 11) is 0. The number of carbonyl (C=O) groups is 1. The summed E-state index contributed by atoms with van der Waals surface area (Å²) in [4.78, 5) is 12.6. The topological polar surface area (TPSA) is 69.0 Å². The first-order chi connectivity index (χ1) is 14.9. The molecule has 9 heteroatoms. The third kappa shape index (κ3) is 6.04.